The molecule has 224 valence electrons. The monoisotopic (exact) mass is 606 g/mol. The number of allylic oxidation sites excluding steroid dienone is 1. The number of anilines is 6. The molecule has 3 aromatic carbocycles. The minimum Gasteiger partial charge on any atom is -0.733 e. The maximum absolute atomic E-state index is 11.8. The zero-order valence-corrected chi connectivity index (χ0v) is 23.4. The minimum atomic E-state index is -0.466. The van der Waals surface area contributed by atoms with Crippen molar-refractivity contribution in [1.29, 1.82) is 0 Å². The molecular weight excluding hydrogens is 582 g/mol. The van der Waals surface area contributed by atoms with Gasteiger partial charge in [-0.3, -0.25) is 21.0 Å². The summed E-state index contributed by atoms with van der Waals surface area (Å²) in [5, 5.41) is 69.8. The maximum Gasteiger partial charge on any atom is 0.231 e. The summed E-state index contributed by atoms with van der Waals surface area (Å²) < 4.78 is 10.8. The van der Waals surface area contributed by atoms with Crippen LogP contribution in [0, 0.1) is 29.5 Å². The number of hydrogen-bond acceptors (Lipinski definition) is 16. The van der Waals surface area contributed by atoms with Crippen LogP contribution in [0.15, 0.2) is 65.8 Å². The van der Waals surface area contributed by atoms with E-state index in [1.807, 2.05) is 6.07 Å². The third-order valence-electron chi connectivity index (χ3n) is 6.17. The molecule has 16 heteroatoms. The first kappa shape index (κ1) is 29.5. The second-order valence-corrected chi connectivity index (χ2v) is 10.2. The summed E-state index contributed by atoms with van der Waals surface area (Å²) in [6.07, 6.45) is 3.46. The summed E-state index contributed by atoms with van der Waals surface area (Å²) in [7, 11) is 0. The summed E-state index contributed by atoms with van der Waals surface area (Å²) in [4.78, 5) is 5.13. The van der Waals surface area contributed by atoms with Crippen LogP contribution < -0.4 is 35.9 Å². The largest absolute Gasteiger partial charge is 0.733 e. The van der Waals surface area contributed by atoms with E-state index >= 15 is 0 Å². The fourth-order valence-electron chi connectivity index (χ4n) is 4.08. The molecule has 0 saturated heterocycles. The van der Waals surface area contributed by atoms with Crippen molar-refractivity contribution in [2.24, 2.45) is 5.10 Å². The third kappa shape index (κ3) is 6.76. The lowest BCUT2D eigenvalue weighted by Crippen LogP contribution is -2.13. The summed E-state index contributed by atoms with van der Waals surface area (Å²) in [6.45, 7) is 3.66. The SMILES string of the molecule is Cc1ccc(Nc2nc(C)c(C(/C=C/c3ccc4c(c3)OCO4)=N/Nc3ccc(N([O-])O)cc3N([O-])O)s2)c(N([O-])O)c1. The average molecular weight is 607 g/mol. The third-order valence-corrected chi connectivity index (χ3v) is 7.26. The van der Waals surface area contributed by atoms with Gasteiger partial charge in [0.2, 0.25) is 6.79 Å². The molecule has 0 bridgehead atoms. The van der Waals surface area contributed by atoms with Crippen LogP contribution in [0.5, 0.6) is 11.5 Å². The van der Waals surface area contributed by atoms with Gasteiger partial charge in [-0.15, -0.1) is 0 Å². The summed E-state index contributed by atoms with van der Waals surface area (Å²) in [5.41, 5.74) is 4.88. The first-order valence-corrected chi connectivity index (χ1v) is 13.3. The molecule has 0 spiro atoms. The predicted octanol–water partition coefficient (Wildman–Crippen LogP) is 5.84. The zero-order valence-electron chi connectivity index (χ0n) is 22.6. The predicted molar refractivity (Wildman–Crippen MR) is 162 cm³/mol. The molecule has 0 saturated carbocycles. The molecule has 0 fully saturated rings. The highest BCUT2D eigenvalue weighted by atomic mass is 32.1. The topological polar surface area (TPSA) is 207 Å². The Labute approximate surface area is 248 Å². The number of aryl methyl sites for hydroxylation is 2. The number of rotatable bonds is 10. The van der Waals surface area contributed by atoms with Crippen LogP contribution >= 0.6 is 11.3 Å². The van der Waals surface area contributed by atoms with Gasteiger partial charge >= 0.3 is 0 Å². The van der Waals surface area contributed by atoms with Crippen LogP contribution in [0.4, 0.5) is 33.6 Å². The fourth-order valence-corrected chi connectivity index (χ4v) is 5.02. The molecule has 1 aromatic heterocycles. The van der Waals surface area contributed by atoms with Crippen molar-refractivity contribution in [2.75, 3.05) is 33.2 Å². The van der Waals surface area contributed by atoms with E-state index in [4.69, 9.17) is 9.47 Å². The van der Waals surface area contributed by atoms with Crippen molar-refractivity contribution < 1.29 is 25.1 Å². The first-order chi connectivity index (χ1) is 20.6. The van der Waals surface area contributed by atoms with E-state index in [1.54, 1.807) is 50.3 Å². The van der Waals surface area contributed by atoms with Crippen LogP contribution in [0.1, 0.15) is 21.7 Å². The molecular formula is C27H24N7O8S-3. The van der Waals surface area contributed by atoms with E-state index in [0.29, 0.717) is 38.6 Å². The van der Waals surface area contributed by atoms with Gasteiger partial charge in [0.05, 0.1) is 39.0 Å². The highest BCUT2D eigenvalue weighted by molar-refractivity contribution is 7.18. The van der Waals surface area contributed by atoms with Crippen molar-refractivity contribution in [3.05, 3.63) is 98.0 Å². The maximum atomic E-state index is 11.8. The van der Waals surface area contributed by atoms with Crippen molar-refractivity contribution in [1.82, 2.24) is 4.98 Å². The van der Waals surface area contributed by atoms with Gasteiger partial charge in [0.15, 0.2) is 16.6 Å². The molecule has 2 heterocycles. The van der Waals surface area contributed by atoms with E-state index in [9.17, 15) is 31.2 Å². The van der Waals surface area contributed by atoms with Gasteiger partial charge in [0.25, 0.3) is 0 Å². The molecule has 5 rings (SSSR count). The second-order valence-electron chi connectivity index (χ2n) is 9.15. The summed E-state index contributed by atoms with van der Waals surface area (Å²) in [6, 6.07) is 13.8. The van der Waals surface area contributed by atoms with Crippen LogP contribution in [0.2, 0.25) is 0 Å². The van der Waals surface area contributed by atoms with Gasteiger partial charge in [0, 0.05) is 0 Å². The zero-order chi connectivity index (χ0) is 30.7. The van der Waals surface area contributed by atoms with Crippen molar-refractivity contribution in [3.63, 3.8) is 0 Å². The Hall–Kier alpha value is -4.94. The van der Waals surface area contributed by atoms with Crippen LogP contribution in [0.3, 0.4) is 0 Å². The summed E-state index contributed by atoms with van der Waals surface area (Å²) >= 11 is 1.20. The highest BCUT2D eigenvalue weighted by Crippen LogP contribution is 2.35. The number of aromatic nitrogens is 1. The van der Waals surface area contributed by atoms with Gasteiger partial charge in [0.1, 0.15) is 5.71 Å². The number of nitrogens with zero attached hydrogens (tertiary/aromatic N) is 5. The second kappa shape index (κ2) is 12.5. The number of thiazole rings is 1. The Morgan fingerprint density at radius 1 is 0.907 bits per heavy atom. The highest BCUT2D eigenvalue weighted by Gasteiger charge is 2.16. The lowest BCUT2D eigenvalue weighted by Gasteiger charge is -2.28. The standard InChI is InChI=1S/C27H24N7O8S/c1-15-3-7-19(22(11-15)33(37)38)29-27-28-16(2)26(43-27)21(8-4-17-5-10-24-25(12-17)42-14-41-24)31-30-20-9-6-18(32(35)36)13-23(20)34(39)40/h3-13,30,35,37,39H,14H2,1-2H3,(H,28,29)/q-3/b8-4+,31-21+. The molecule has 0 aliphatic carbocycles. The molecule has 43 heavy (non-hydrogen) atoms. The molecule has 5 N–H and O–H groups in total. The van der Waals surface area contributed by atoms with E-state index in [-0.39, 0.29) is 34.8 Å². The normalized spacial score (nSPS) is 12.5. The van der Waals surface area contributed by atoms with E-state index < -0.39 is 10.5 Å². The van der Waals surface area contributed by atoms with Gasteiger partial charge in [-0.2, -0.15) is 5.10 Å². The number of fused-ring (bicyclic) bond motifs is 1. The van der Waals surface area contributed by atoms with Gasteiger partial charge in [-0.25, -0.2) is 4.98 Å². The average Bonchev–Trinajstić information content (AvgIpc) is 3.59. The fraction of sp³-hybridized carbons (Fsp3) is 0.111. The molecule has 15 nitrogen and oxygen atoms in total. The molecule has 0 radical (unpaired) electrons. The van der Waals surface area contributed by atoms with Crippen molar-refractivity contribution >= 4 is 56.7 Å². The lowest BCUT2D eigenvalue weighted by atomic mass is 10.1. The first-order valence-electron chi connectivity index (χ1n) is 12.5. The molecule has 1 aliphatic rings. The van der Waals surface area contributed by atoms with Crippen LogP contribution in [-0.2, 0) is 0 Å². The number of hydrazone groups is 1. The summed E-state index contributed by atoms with van der Waals surface area (Å²) in [5.74, 6) is 1.21. The molecule has 4 aromatic rings. The molecule has 0 unspecified atom stereocenters. The lowest BCUT2D eigenvalue weighted by molar-refractivity contribution is 0.174. The van der Waals surface area contributed by atoms with Crippen LogP contribution in [0.25, 0.3) is 6.08 Å². The van der Waals surface area contributed by atoms with Gasteiger partial charge in [-0.05, 0) is 73.5 Å². The Morgan fingerprint density at radius 3 is 2.37 bits per heavy atom. The number of nitrogens with one attached hydrogen (secondary N) is 2. The molecule has 0 atom stereocenters. The van der Waals surface area contributed by atoms with E-state index in [0.717, 1.165) is 17.2 Å². The van der Waals surface area contributed by atoms with Crippen LogP contribution in [-0.4, -0.2) is 33.1 Å². The van der Waals surface area contributed by atoms with Gasteiger partial charge < -0.3 is 46.1 Å². The Kier molecular flexibility index (Phi) is 8.60. The number of benzene rings is 3. The van der Waals surface area contributed by atoms with Crippen molar-refractivity contribution in [3.8, 4) is 11.5 Å². The number of ether oxygens (including phenoxy) is 2. The minimum absolute atomic E-state index is 0.00864. The quantitative estimate of drug-likeness (QED) is 0.106. The van der Waals surface area contributed by atoms with E-state index in [2.05, 4.69) is 20.8 Å². The smallest absolute Gasteiger partial charge is 0.231 e. The Morgan fingerprint density at radius 2 is 1.63 bits per heavy atom. The van der Waals surface area contributed by atoms with Crippen molar-refractivity contribution in [2.45, 2.75) is 13.8 Å². The Bertz CT molecular complexity index is 1690. The molecule has 1 aliphatic heterocycles. The van der Waals surface area contributed by atoms with E-state index in [1.165, 1.54) is 29.5 Å². The Balaban J connectivity index is 1.51. The molecule has 0 amide bonds. The number of hydrogen-bond donors (Lipinski definition) is 5. The van der Waals surface area contributed by atoms with Gasteiger partial charge in [-0.1, -0.05) is 29.5 Å².